The zero-order valence-electron chi connectivity index (χ0n) is 16.8. The summed E-state index contributed by atoms with van der Waals surface area (Å²) >= 11 is 0. The molecule has 0 radical (unpaired) electrons. The van der Waals surface area contributed by atoms with E-state index in [-0.39, 0.29) is 23.8 Å². The van der Waals surface area contributed by atoms with Gasteiger partial charge in [-0.05, 0) is 37.6 Å². The minimum absolute atomic E-state index is 0.122. The number of para-hydroxylation sites is 1. The minimum atomic E-state index is -1.00. The number of ether oxygens (including phenoxy) is 1. The van der Waals surface area contributed by atoms with Crippen LogP contribution in [0.3, 0.4) is 0 Å². The molecule has 156 valence electrons. The van der Waals surface area contributed by atoms with Crippen molar-refractivity contribution in [2.75, 3.05) is 12.4 Å². The van der Waals surface area contributed by atoms with Gasteiger partial charge in [0.25, 0.3) is 0 Å². The van der Waals surface area contributed by atoms with E-state index in [0.29, 0.717) is 17.9 Å². The lowest BCUT2D eigenvalue weighted by Crippen LogP contribution is -2.44. The first kappa shape index (κ1) is 19.9. The Morgan fingerprint density at radius 1 is 1.30 bits per heavy atom. The molecular formula is C22H21F2N3O3. The van der Waals surface area contributed by atoms with Crippen molar-refractivity contribution < 1.29 is 22.8 Å². The van der Waals surface area contributed by atoms with Gasteiger partial charge in [-0.25, -0.2) is 13.6 Å². The molecule has 2 amide bonds. The van der Waals surface area contributed by atoms with Crippen LogP contribution in [-0.4, -0.2) is 29.2 Å². The fourth-order valence-corrected chi connectivity index (χ4v) is 3.69. The fraction of sp³-hybridized carbons (Fsp3) is 0.273. The average Bonchev–Trinajstić information content (AvgIpc) is 3.13. The highest BCUT2D eigenvalue weighted by atomic mass is 19.2. The molecule has 1 atom stereocenters. The van der Waals surface area contributed by atoms with E-state index in [1.807, 2.05) is 31.2 Å². The number of rotatable bonds is 3. The van der Waals surface area contributed by atoms with Gasteiger partial charge in [0.05, 0.1) is 24.9 Å². The standard InChI is InChI=1S/C22H21F2N3O3/c1-12-8-14(10-17(23)20(12)24)25-22(28)27-11-16-18(9-13(27)2)26-30-21(16)15-6-4-5-7-19(15)29-3/h4-8,10,13H,9,11H2,1-3H3,(H,25,28)/t13-/m0/s1. The number of aryl methyl sites for hydroxylation is 1. The Kier molecular flexibility index (Phi) is 5.15. The van der Waals surface area contributed by atoms with Crippen LogP contribution in [0.2, 0.25) is 0 Å². The first-order chi connectivity index (χ1) is 14.4. The van der Waals surface area contributed by atoms with Crippen LogP contribution in [0, 0.1) is 18.6 Å². The third kappa shape index (κ3) is 3.49. The molecule has 0 saturated heterocycles. The Hall–Kier alpha value is -3.42. The number of urea groups is 1. The Morgan fingerprint density at radius 3 is 2.80 bits per heavy atom. The second-order valence-electron chi connectivity index (χ2n) is 7.34. The fourth-order valence-electron chi connectivity index (χ4n) is 3.69. The highest BCUT2D eigenvalue weighted by molar-refractivity contribution is 5.90. The molecule has 0 unspecified atom stereocenters. The van der Waals surface area contributed by atoms with Gasteiger partial charge in [0.15, 0.2) is 17.4 Å². The molecule has 0 aliphatic carbocycles. The number of hydrogen-bond acceptors (Lipinski definition) is 4. The molecular weight excluding hydrogens is 392 g/mol. The molecule has 1 N–H and O–H groups in total. The number of carbonyl (C=O) groups excluding carboxylic acids is 1. The number of nitrogens with one attached hydrogen (secondary N) is 1. The van der Waals surface area contributed by atoms with Crippen molar-refractivity contribution in [2.45, 2.75) is 32.9 Å². The zero-order chi connectivity index (χ0) is 21.4. The van der Waals surface area contributed by atoms with E-state index in [0.717, 1.165) is 22.9 Å². The van der Waals surface area contributed by atoms with Gasteiger partial charge in [0.2, 0.25) is 0 Å². The Bertz CT molecular complexity index is 1090. The highest BCUT2D eigenvalue weighted by Crippen LogP contribution is 2.37. The van der Waals surface area contributed by atoms with Crippen molar-refractivity contribution in [3.63, 3.8) is 0 Å². The second-order valence-corrected chi connectivity index (χ2v) is 7.34. The van der Waals surface area contributed by atoms with Crippen LogP contribution in [0.1, 0.15) is 23.7 Å². The monoisotopic (exact) mass is 413 g/mol. The number of hydrogen-bond donors (Lipinski definition) is 1. The van der Waals surface area contributed by atoms with Crippen LogP contribution < -0.4 is 10.1 Å². The maximum Gasteiger partial charge on any atom is 0.322 e. The number of carbonyl (C=O) groups is 1. The van der Waals surface area contributed by atoms with Gasteiger partial charge in [0.1, 0.15) is 5.75 Å². The quantitative estimate of drug-likeness (QED) is 0.662. The van der Waals surface area contributed by atoms with Crippen molar-refractivity contribution in [1.82, 2.24) is 10.1 Å². The molecule has 1 aliphatic rings. The first-order valence-electron chi connectivity index (χ1n) is 9.53. The van der Waals surface area contributed by atoms with E-state index < -0.39 is 17.7 Å². The lowest BCUT2D eigenvalue weighted by atomic mass is 9.97. The van der Waals surface area contributed by atoms with Crippen LogP contribution in [0.4, 0.5) is 19.3 Å². The van der Waals surface area contributed by atoms with Gasteiger partial charge in [-0.15, -0.1) is 0 Å². The van der Waals surface area contributed by atoms with Crippen LogP contribution in [0.25, 0.3) is 11.3 Å². The van der Waals surface area contributed by atoms with E-state index in [9.17, 15) is 13.6 Å². The molecule has 0 saturated carbocycles. The van der Waals surface area contributed by atoms with Crippen molar-refractivity contribution in [3.05, 3.63) is 64.9 Å². The third-order valence-corrected chi connectivity index (χ3v) is 5.29. The molecule has 1 aromatic heterocycles. The van der Waals surface area contributed by atoms with Gasteiger partial charge >= 0.3 is 6.03 Å². The number of aromatic nitrogens is 1. The third-order valence-electron chi connectivity index (χ3n) is 5.29. The Labute approximate surface area is 172 Å². The predicted molar refractivity (Wildman–Crippen MR) is 107 cm³/mol. The number of benzene rings is 2. The van der Waals surface area contributed by atoms with E-state index in [1.54, 1.807) is 12.0 Å². The van der Waals surface area contributed by atoms with Gasteiger partial charge in [-0.1, -0.05) is 17.3 Å². The molecule has 1 aliphatic heterocycles. The van der Waals surface area contributed by atoms with Crippen molar-refractivity contribution in [2.24, 2.45) is 0 Å². The van der Waals surface area contributed by atoms with E-state index in [4.69, 9.17) is 9.26 Å². The number of anilines is 1. The molecule has 30 heavy (non-hydrogen) atoms. The summed E-state index contributed by atoms with van der Waals surface area (Å²) in [7, 11) is 1.58. The average molecular weight is 413 g/mol. The number of halogens is 2. The molecule has 3 aromatic rings. The topological polar surface area (TPSA) is 67.6 Å². The maximum atomic E-state index is 13.7. The largest absolute Gasteiger partial charge is 0.496 e. The summed E-state index contributed by atoms with van der Waals surface area (Å²) in [5, 5.41) is 6.85. The smallest absolute Gasteiger partial charge is 0.322 e. The highest BCUT2D eigenvalue weighted by Gasteiger charge is 2.33. The van der Waals surface area contributed by atoms with Crippen molar-refractivity contribution in [3.8, 4) is 17.1 Å². The zero-order valence-corrected chi connectivity index (χ0v) is 16.8. The summed E-state index contributed by atoms with van der Waals surface area (Å²) in [4.78, 5) is 14.5. The minimum Gasteiger partial charge on any atom is -0.496 e. The van der Waals surface area contributed by atoms with Crippen LogP contribution in [-0.2, 0) is 13.0 Å². The number of nitrogens with zero attached hydrogens (tertiary/aromatic N) is 2. The molecule has 0 fully saturated rings. The lowest BCUT2D eigenvalue weighted by molar-refractivity contribution is 0.182. The molecule has 2 heterocycles. The van der Waals surface area contributed by atoms with Crippen molar-refractivity contribution >= 4 is 11.7 Å². The summed E-state index contributed by atoms with van der Waals surface area (Å²) < 4.78 is 38.3. The normalized spacial score (nSPS) is 15.6. The van der Waals surface area contributed by atoms with Crippen LogP contribution in [0.5, 0.6) is 5.75 Å². The van der Waals surface area contributed by atoms with Gasteiger partial charge in [-0.2, -0.15) is 0 Å². The van der Waals surface area contributed by atoms with Crippen LogP contribution in [0.15, 0.2) is 40.9 Å². The van der Waals surface area contributed by atoms with Gasteiger partial charge in [-0.3, -0.25) is 0 Å². The summed E-state index contributed by atoms with van der Waals surface area (Å²) in [5.41, 5.74) is 2.66. The van der Waals surface area contributed by atoms with E-state index >= 15 is 0 Å². The van der Waals surface area contributed by atoms with Crippen LogP contribution >= 0.6 is 0 Å². The molecule has 0 bridgehead atoms. The van der Waals surface area contributed by atoms with Gasteiger partial charge < -0.3 is 19.5 Å². The van der Waals surface area contributed by atoms with E-state index in [1.165, 1.54) is 13.0 Å². The summed E-state index contributed by atoms with van der Waals surface area (Å²) in [6.07, 6.45) is 0.512. The SMILES string of the molecule is COc1ccccc1-c1onc2c1CN(C(=O)Nc1cc(C)c(F)c(F)c1)[C@@H](C)C2. The van der Waals surface area contributed by atoms with Crippen molar-refractivity contribution in [1.29, 1.82) is 0 Å². The molecule has 4 rings (SSSR count). The van der Waals surface area contributed by atoms with Gasteiger partial charge in [0, 0.05) is 29.8 Å². The summed E-state index contributed by atoms with van der Waals surface area (Å²) in [6, 6.07) is 9.23. The maximum absolute atomic E-state index is 13.7. The summed E-state index contributed by atoms with van der Waals surface area (Å²) in [6.45, 7) is 3.61. The lowest BCUT2D eigenvalue weighted by Gasteiger charge is -2.32. The van der Waals surface area contributed by atoms with E-state index in [2.05, 4.69) is 10.5 Å². The number of methoxy groups -OCH3 is 1. The molecule has 8 heteroatoms. The number of amides is 2. The Morgan fingerprint density at radius 2 is 2.07 bits per heavy atom. The molecule has 2 aromatic carbocycles. The Balaban J connectivity index is 1.62. The molecule has 6 nitrogen and oxygen atoms in total. The summed E-state index contributed by atoms with van der Waals surface area (Å²) in [5.74, 6) is -0.731. The molecule has 0 spiro atoms. The first-order valence-corrected chi connectivity index (χ1v) is 9.53. The second kappa shape index (κ2) is 7.78. The number of fused-ring (bicyclic) bond motifs is 1. The predicted octanol–water partition coefficient (Wildman–Crippen LogP) is 4.92.